The fraction of sp³-hybridized carbons (Fsp3) is 0.600. The molecule has 0 aliphatic carbocycles. The van der Waals surface area contributed by atoms with Crippen molar-refractivity contribution in [2.75, 3.05) is 51.3 Å². The first-order chi connectivity index (χ1) is 9.74. The Labute approximate surface area is 120 Å². The summed E-state index contributed by atoms with van der Waals surface area (Å²) in [6, 6.07) is 7.12. The third-order valence-electron chi connectivity index (χ3n) is 3.99. The number of piperazine rings is 1. The van der Waals surface area contributed by atoms with E-state index in [1.54, 1.807) is 6.07 Å². The average molecular weight is 281 g/mol. The number of rotatable bonds is 6. The van der Waals surface area contributed by atoms with Gasteiger partial charge in [0.25, 0.3) is 0 Å². The molecule has 112 valence electrons. The number of likely N-dealkylation sites (N-methyl/N-ethyl adjacent to an activating group) is 1. The summed E-state index contributed by atoms with van der Waals surface area (Å²) in [7, 11) is 1.87. The Kier molecular flexibility index (Phi) is 5.76. The van der Waals surface area contributed by atoms with Crippen molar-refractivity contribution in [3.8, 4) is 0 Å². The summed E-state index contributed by atoms with van der Waals surface area (Å²) in [5, 5.41) is 12.2. The van der Waals surface area contributed by atoms with E-state index in [0.717, 1.165) is 39.1 Å². The van der Waals surface area contributed by atoms with Crippen molar-refractivity contribution >= 4 is 5.69 Å². The zero-order valence-electron chi connectivity index (χ0n) is 12.1. The number of para-hydroxylation sites is 1. The van der Waals surface area contributed by atoms with Gasteiger partial charge in [-0.25, -0.2) is 4.39 Å². The van der Waals surface area contributed by atoms with Gasteiger partial charge in [0.2, 0.25) is 0 Å². The quantitative estimate of drug-likeness (QED) is 0.813. The highest BCUT2D eigenvalue weighted by atomic mass is 19.1. The molecule has 4 nitrogen and oxygen atoms in total. The van der Waals surface area contributed by atoms with Crippen LogP contribution >= 0.6 is 0 Å². The molecule has 0 amide bonds. The Hall–Kier alpha value is -1.17. The standard InChI is InChI=1S/C15H24FN3O/c1-17-13(12-20)6-7-18-8-10-19(11-9-18)15-5-3-2-4-14(15)16/h2-5,13,17,20H,6-12H2,1H3. The molecule has 0 aromatic heterocycles. The second-order valence-corrected chi connectivity index (χ2v) is 5.24. The maximum atomic E-state index is 13.7. The maximum Gasteiger partial charge on any atom is 0.146 e. The topological polar surface area (TPSA) is 38.7 Å². The molecule has 2 rings (SSSR count). The van der Waals surface area contributed by atoms with Crippen molar-refractivity contribution in [1.29, 1.82) is 0 Å². The zero-order chi connectivity index (χ0) is 14.4. The van der Waals surface area contributed by atoms with Gasteiger partial charge in [-0.1, -0.05) is 12.1 Å². The zero-order valence-corrected chi connectivity index (χ0v) is 12.1. The van der Waals surface area contributed by atoms with Crippen LogP contribution in [-0.2, 0) is 0 Å². The molecule has 1 aromatic rings. The van der Waals surface area contributed by atoms with E-state index >= 15 is 0 Å². The van der Waals surface area contributed by atoms with E-state index in [2.05, 4.69) is 15.1 Å². The van der Waals surface area contributed by atoms with E-state index in [0.29, 0.717) is 5.69 Å². The summed E-state index contributed by atoms with van der Waals surface area (Å²) < 4.78 is 13.7. The molecule has 1 aromatic carbocycles. The van der Waals surface area contributed by atoms with Crippen LogP contribution in [0.4, 0.5) is 10.1 Å². The summed E-state index contributed by atoms with van der Waals surface area (Å²) >= 11 is 0. The van der Waals surface area contributed by atoms with Crippen LogP contribution in [0.15, 0.2) is 24.3 Å². The molecule has 0 bridgehead atoms. The third kappa shape index (κ3) is 3.91. The van der Waals surface area contributed by atoms with Crippen LogP contribution in [0, 0.1) is 5.82 Å². The number of nitrogens with zero attached hydrogens (tertiary/aromatic N) is 2. The normalized spacial score (nSPS) is 18.2. The second kappa shape index (κ2) is 7.57. The molecule has 0 spiro atoms. The molecule has 1 aliphatic heterocycles. The Morgan fingerprint density at radius 2 is 1.95 bits per heavy atom. The van der Waals surface area contributed by atoms with Gasteiger partial charge in [-0.2, -0.15) is 0 Å². The molecule has 0 saturated carbocycles. The van der Waals surface area contributed by atoms with E-state index in [1.165, 1.54) is 6.07 Å². The van der Waals surface area contributed by atoms with Crippen LogP contribution in [0.3, 0.4) is 0 Å². The molecule has 0 radical (unpaired) electrons. The molecule has 5 heteroatoms. The number of nitrogens with one attached hydrogen (secondary N) is 1. The highest BCUT2D eigenvalue weighted by Crippen LogP contribution is 2.20. The van der Waals surface area contributed by atoms with E-state index in [1.807, 2.05) is 19.2 Å². The van der Waals surface area contributed by atoms with Crippen molar-refractivity contribution in [1.82, 2.24) is 10.2 Å². The molecular weight excluding hydrogens is 257 g/mol. The number of anilines is 1. The highest BCUT2D eigenvalue weighted by Gasteiger charge is 2.19. The Bertz CT molecular complexity index is 404. The van der Waals surface area contributed by atoms with E-state index < -0.39 is 0 Å². The lowest BCUT2D eigenvalue weighted by Gasteiger charge is -2.36. The lowest BCUT2D eigenvalue weighted by atomic mass is 10.2. The molecule has 1 aliphatic rings. The average Bonchev–Trinajstić information content (AvgIpc) is 2.49. The predicted octanol–water partition coefficient (Wildman–Crippen LogP) is 0.918. The van der Waals surface area contributed by atoms with E-state index in [-0.39, 0.29) is 18.5 Å². The number of aliphatic hydroxyl groups is 1. The molecule has 1 saturated heterocycles. The smallest absolute Gasteiger partial charge is 0.146 e. The van der Waals surface area contributed by atoms with Crippen LogP contribution in [-0.4, -0.2) is 62.4 Å². The molecule has 1 unspecified atom stereocenters. The van der Waals surface area contributed by atoms with Crippen molar-refractivity contribution in [3.05, 3.63) is 30.1 Å². The minimum atomic E-state index is -0.142. The first-order valence-electron chi connectivity index (χ1n) is 7.24. The molecule has 1 heterocycles. The lowest BCUT2D eigenvalue weighted by molar-refractivity contribution is 0.204. The van der Waals surface area contributed by atoms with Crippen molar-refractivity contribution in [3.63, 3.8) is 0 Å². The van der Waals surface area contributed by atoms with Gasteiger partial charge in [0, 0.05) is 32.2 Å². The van der Waals surface area contributed by atoms with Crippen molar-refractivity contribution in [2.24, 2.45) is 0 Å². The largest absolute Gasteiger partial charge is 0.395 e. The van der Waals surface area contributed by atoms with Gasteiger partial charge in [0.1, 0.15) is 5.82 Å². The minimum Gasteiger partial charge on any atom is -0.395 e. The van der Waals surface area contributed by atoms with Gasteiger partial charge in [0.05, 0.1) is 12.3 Å². The van der Waals surface area contributed by atoms with Crippen molar-refractivity contribution in [2.45, 2.75) is 12.5 Å². The van der Waals surface area contributed by atoms with Gasteiger partial charge in [-0.3, -0.25) is 4.90 Å². The van der Waals surface area contributed by atoms with E-state index in [4.69, 9.17) is 5.11 Å². The number of halogens is 1. The third-order valence-corrected chi connectivity index (χ3v) is 3.99. The van der Waals surface area contributed by atoms with Crippen LogP contribution in [0.2, 0.25) is 0 Å². The monoisotopic (exact) mass is 281 g/mol. The summed E-state index contributed by atoms with van der Waals surface area (Å²) in [5.41, 5.74) is 0.704. The summed E-state index contributed by atoms with van der Waals surface area (Å²) in [4.78, 5) is 4.48. The van der Waals surface area contributed by atoms with Crippen LogP contribution < -0.4 is 10.2 Å². The summed E-state index contributed by atoms with van der Waals surface area (Å²) in [6.07, 6.45) is 0.937. The van der Waals surface area contributed by atoms with Gasteiger partial charge < -0.3 is 15.3 Å². The van der Waals surface area contributed by atoms with Crippen LogP contribution in [0.1, 0.15) is 6.42 Å². The molecule has 1 atom stereocenters. The summed E-state index contributed by atoms with van der Waals surface area (Å²) in [5.74, 6) is -0.142. The summed E-state index contributed by atoms with van der Waals surface area (Å²) in [6.45, 7) is 4.73. The number of hydrogen-bond donors (Lipinski definition) is 2. The minimum absolute atomic E-state index is 0.142. The Balaban J connectivity index is 1.79. The first-order valence-corrected chi connectivity index (χ1v) is 7.24. The number of benzene rings is 1. The molecule has 20 heavy (non-hydrogen) atoms. The number of aliphatic hydroxyl groups excluding tert-OH is 1. The highest BCUT2D eigenvalue weighted by molar-refractivity contribution is 5.47. The molecular formula is C15H24FN3O. The van der Waals surface area contributed by atoms with Gasteiger partial charge in [-0.15, -0.1) is 0 Å². The molecule has 1 fully saturated rings. The lowest BCUT2D eigenvalue weighted by Crippen LogP contribution is -2.48. The number of hydrogen-bond acceptors (Lipinski definition) is 4. The maximum absolute atomic E-state index is 13.7. The van der Waals surface area contributed by atoms with Gasteiger partial charge >= 0.3 is 0 Å². The van der Waals surface area contributed by atoms with Crippen molar-refractivity contribution < 1.29 is 9.50 Å². The Morgan fingerprint density at radius 1 is 1.25 bits per heavy atom. The SMILES string of the molecule is CNC(CO)CCN1CCN(c2ccccc2F)CC1. The molecule has 2 N–H and O–H groups in total. The van der Waals surface area contributed by atoms with Crippen LogP contribution in [0.25, 0.3) is 0 Å². The van der Waals surface area contributed by atoms with Crippen LogP contribution in [0.5, 0.6) is 0 Å². The first kappa shape index (κ1) is 15.2. The fourth-order valence-corrected chi connectivity index (χ4v) is 2.59. The van der Waals surface area contributed by atoms with Gasteiger partial charge in [0.15, 0.2) is 0 Å². The van der Waals surface area contributed by atoms with Gasteiger partial charge in [-0.05, 0) is 32.1 Å². The fourth-order valence-electron chi connectivity index (χ4n) is 2.59. The van der Waals surface area contributed by atoms with E-state index in [9.17, 15) is 4.39 Å². The Morgan fingerprint density at radius 3 is 2.55 bits per heavy atom. The predicted molar refractivity (Wildman–Crippen MR) is 79.6 cm³/mol. The second-order valence-electron chi connectivity index (χ2n) is 5.24.